The quantitative estimate of drug-likeness (QED) is 0.619. The molecule has 158 valence electrons. The van der Waals surface area contributed by atoms with Gasteiger partial charge in [0, 0.05) is 18.9 Å². The molecule has 0 aromatic heterocycles. The first-order valence-corrected chi connectivity index (χ1v) is 10.1. The van der Waals surface area contributed by atoms with Crippen molar-refractivity contribution in [3.63, 3.8) is 0 Å². The lowest BCUT2D eigenvalue weighted by Gasteiger charge is -2.21. The molecule has 0 spiro atoms. The third-order valence-corrected chi connectivity index (χ3v) is 5.17. The highest BCUT2D eigenvalue weighted by atomic mass is 16.5. The van der Waals surface area contributed by atoms with E-state index >= 15 is 0 Å². The Hall–Kier alpha value is -3.35. The van der Waals surface area contributed by atoms with Crippen molar-refractivity contribution in [3.05, 3.63) is 66.2 Å². The number of likely N-dealkylation sites (tertiary alicyclic amines) is 1. The number of carboxylic acid groups (broad SMARTS) is 1. The fourth-order valence-electron chi connectivity index (χ4n) is 3.62. The van der Waals surface area contributed by atoms with Gasteiger partial charge in [0.05, 0.1) is 13.2 Å². The van der Waals surface area contributed by atoms with Gasteiger partial charge in [0.2, 0.25) is 11.8 Å². The highest BCUT2D eigenvalue weighted by Gasteiger charge is 2.39. The number of hydrogen-bond acceptors (Lipinski definition) is 4. The van der Waals surface area contributed by atoms with Crippen LogP contribution in [-0.2, 0) is 14.4 Å². The number of amides is 2. The predicted octanol–water partition coefficient (Wildman–Crippen LogP) is 2.43. The lowest BCUT2D eigenvalue weighted by atomic mass is 9.96. The van der Waals surface area contributed by atoms with Crippen LogP contribution in [0.3, 0.4) is 0 Å². The maximum absolute atomic E-state index is 12.6. The molecule has 2 aromatic carbocycles. The van der Waals surface area contributed by atoms with Crippen LogP contribution in [-0.4, -0.2) is 53.5 Å². The zero-order chi connectivity index (χ0) is 21.3. The van der Waals surface area contributed by atoms with Crippen molar-refractivity contribution in [1.29, 1.82) is 0 Å². The van der Waals surface area contributed by atoms with E-state index in [1.54, 1.807) is 0 Å². The Balaban J connectivity index is 1.43. The van der Waals surface area contributed by atoms with Gasteiger partial charge in [-0.1, -0.05) is 48.5 Å². The van der Waals surface area contributed by atoms with Gasteiger partial charge >= 0.3 is 5.97 Å². The molecule has 0 unspecified atom stereocenters. The third kappa shape index (κ3) is 5.83. The normalized spacial score (nSPS) is 18.1. The summed E-state index contributed by atoms with van der Waals surface area (Å²) in [7, 11) is 0. The summed E-state index contributed by atoms with van der Waals surface area (Å²) in [6, 6.07) is 18.0. The lowest BCUT2D eigenvalue weighted by molar-refractivity contribution is -0.148. The monoisotopic (exact) mass is 410 g/mol. The molecule has 2 atom stereocenters. The number of ether oxygens (including phenoxy) is 1. The Morgan fingerprint density at radius 3 is 2.37 bits per heavy atom. The summed E-state index contributed by atoms with van der Waals surface area (Å²) in [6.45, 7) is 0.529. The average molecular weight is 410 g/mol. The SMILES string of the molecule is O=C(CCCOc1ccccc1)NCC(=O)N1C[C@@H](c2ccccc2)C[C@H]1C(=O)O. The van der Waals surface area contributed by atoms with Crippen LogP contribution in [0.1, 0.15) is 30.7 Å². The summed E-state index contributed by atoms with van der Waals surface area (Å²) >= 11 is 0. The fourth-order valence-corrected chi connectivity index (χ4v) is 3.62. The minimum absolute atomic E-state index is 0.0258. The average Bonchev–Trinajstić information content (AvgIpc) is 3.22. The number of carboxylic acids is 1. The maximum atomic E-state index is 12.6. The number of carbonyl (C=O) groups is 3. The standard InChI is InChI=1S/C23H26N2O5/c26-21(12-7-13-30-19-10-5-2-6-11-19)24-15-22(27)25-16-18(14-20(25)23(28)29)17-8-3-1-4-9-17/h1-6,8-11,18,20H,7,12-16H2,(H,24,26)(H,28,29)/t18-,20-/m0/s1. The van der Waals surface area contributed by atoms with Crippen molar-refractivity contribution < 1.29 is 24.2 Å². The molecule has 1 heterocycles. The van der Waals surface area contributed by atoms with Crippen LogP contribution < -0.4 is 10.1 Å². The van der Waals surface area contributed by atoms with Crippen LogP contribution in [0.15, 0.2) is 60.7 Å². The maximum Gasteiger partial charge on any atom is 0.326 e. The molecule has 1 aliphatic rings. The molecule has 3 rings (SSSR count). The minimum Gasteiger partial charge on any atom is -0.494 e. The van der Waals surface area contributed by atoms with Crippen molar-refractivity contribution >= 4 is 17.8 Å². The Labute approximate surface area is 175 Å². The second-order valence-electron chi connectivity index (χ2n) is 7.29. The molecule has 1 fully saturated rings. The molecule has 2 aromatic rings. The Bertz CT molecular complexity index is 856. The Morgan fingerprint density at radius 1 is 1.03 bits per heavy atom. The molecule has 1 saturated heterocycles. The number of hydrogen-bond donors (Lipinski definition) is 2. The third-order valence-electron chi connectivity index (χ3n) is 5.17. The number of benzene rings is 2. The number of rotatable bonds is 9. The summed E-state index contributed by atoms with van der Waals surface area (Å²) in [5.41, 5.74) is 1.02. The highest BCUT2D eigenvalue weighted by Crippen LogP contribution is 2.31. The molecule has 0 radical (unpaired) electrons. The van der Waals surface area contributed by atoms with Gasteiger partial charge in [0.1, 0.15) is 11.8 Å². The van der Waals surface area contributed by atoms with Crippen molar-refractivity contribution in [2.24, 2.45) is 0 Å². The van der Waals surface area contributed by atoms with E-state index in [-0.39, 0.29) is 30.7 Å². The van der Waals surface area contributed by atoms with Crippen LogP contribution in [0.25, 0.3) is 0 Å². The number of carbonyl (C=O) groups excluding carboxylic acids is 2. The molecule has 1 aliphatic heterocycles. The first kappa shape index (κ1) is 21.4. The van der Waals surface area contributed by atoms with E-state index < -0.39 is 12.0 Å². The molecule has 7 nitrogen and oxygen atoms in total. The first-order valence-electron chi connectivity index (χ1n) is 10.1. The van der Waals surface area contributed by atoms with E-state index in [0.29, 0.717) is 26.0 Å². The molecular formula is C23H26N2O5. The largest absolute Gasteiger partial charge is 0.494 e. The van der Waals surface area contributed by atoms with Gasteiger partial charge in [-0.05, 0) is 30.5 Å². The van der Waals surface area contributed by atoms with Crippen LogP contribution in [0.4, 0.5) is 0 Å². The fraction of sp³-hybridized carbons (Fsp3) is 0.348. The molecule has 0 aliphatic carbocycles. The van der Waals surface area contributed by atoms with Gasteiger partial charge < -0.3 is 20.1 Å². The molecule has 2 amide bonds. The van der Waals surface area contributed by atoms with E-state index in [4.69, 9.17) is 4.74 Å². The topological polar surface area (TPSA) is 95.9 Å². The van der Waals surface area contributed by atoms with Crippen LogP contribution >= 0.6 is 0 Å². The van der Waals surface area contributed by atoms with Gasteiger partial charge in [0.25, 0.3) is 0 Å². The van der Waals surface area contributed by atoms with Crippen molar-refractivity contribution in [3.8, 4) is 5.75 Å². The van der Waals surface area contributed by atoms with E-state index in [1.165, 1.54) is 4.90 Å². The number of aliphatic carboxylic acids is 1. The molecule has 0 saturated carbocycles. The first-order chi connectivity index (χ1) is 14.5. The summed E-state index contributed by atoms with van der Waals surface area (Å²) in [6.07, 6.45) is 1.12. The molecular weight excluding hydrogens is 384 g/mol. The summed E-state index contributed by atoms with van der Waals surface area (Å²) in [4.78, 5) is 37.6. The van der Waals surface area contributed by atoms with Crippen molar-refractivity contribution in [2.45, 2.75) is 31.2 Å². The van der Waals surface area contributed by atoms with Gasteiger partial charge in [-0.15, -0.1) is 0 Å². The van der Waals surface area contributed by atoms with Gasteiger partial charge in [-0.25, -0.2) is 4.79 Å². The zero-order valence-corrected chi connectivity index (χ0v) is 16.7. The highest BCUT2D eigenvalue weighted by molar-refractivity contribution is 5.88. The Morgan fingerprint density at radius 2 is 1.70 bits per heavy atom. The van der Waals surface area contributed by atoms with Crippen LogP contribution in [0.2, 0.25) is 0 Å². The van der Waals surface area contributed by atoms with Crippen LogP contribution in [0, 0.1) is 0 Å². The van der Waals surface area contributed by atoms with Crippen molar-refractivity contribution in [2.75, 3.05) is 19.7 Å². The summed E-state index contributed by atoms with van der Waals surface area (Å²) < 4.78 is 5.54. The molecule has 2 N–H and O–H groups in total. The lowest BCUT2D eigenvalue weighted by Crippen LogP contribution is -2.45. The van der Waals surface area contributed by atoms with E-state index in [9.17, 15) is 19.5 Å². The second kappa shape index (κ2) is 10.4. The summed E-state index contributed by atoms with van der Waals surface area (Å²) in [5, 5.41) is 12.1. The molecule has 30 heavy (non-hydrogen) atoms. The van der Waals surface area contributed by atoms with Gasteiger partial charge in [0.15, 0.2) is 0 Å². The smallest absolute Gasteiger partial charge is 0.326 e. The van der Waals surface area contributed by atoms with Gasteiger partial charge in [-0.3, -0.25) is 9.59 Å². The van der Waals surface area contributed by atoms with Crippen LogP contribution in [0.5, 0.6) is 5.75 Å². The minimum atomic E-state index is -1.02. The predicted molar refractivity (Wildman–Crippen MR) is 111 cm³/mol. The van der Waals surface area contributed by atoms with Gasteiger partial charge in [-0.2, -0.15) is 0 Å². The van der Waals surface area contributed by atoms with E-state index in [1.807, 2.05) is 60.7 Å². The second-order valence-corrected chi connectivity index (χ2v) is 7.29. The zero-order valence-electron chi connectivity index (χ0n) is 16.7. The number of nitrogens with zero attached hydrogens (tertiary/aromatic N) is 1. The van der Waals surface area contributed by atoms with Crippen molar-refractivity contribution in [1.82, 2.24) is 10.2 Å². The number of para-hydroxylation sites is 1. The number of nitrogens with one attached hydrogen (secondary N) is 1. The van der Waals surface area contributed by atoms with E-state index in [0.717, 1.165) is 11.3 Å². The summed E-state index contributed by atoms with van der Waals surface area (Å²) in [5.74, 6) is -0.941. The molecule has 7 heteroatoms. The van der Waals surface area contributed by atoms with E-state index in [2.05, 4.69) is 5.32 Å². The Kier molecular flexibility index (Phi) is 7.43. The molecule has 0 bridgehead atoms.